The summed E-state index contributed by atoms with van der Waals surface area (Å²) >= 11 is 0. The predicted molar refractivity (Wildman–Crippen MR) is 136 cm³/mol. The third-order valence-corrected chi connectivity index (χ3v) is 4.78. The van der Waals surface area contributed by atoms with Crippen molar-refractivity contribution in [1.29, 1.82) is 0 Å². The number of aromatic amines is 1. The van der Waals surface area contributed by atoms with Crippen molar-refractivity contribution in [2.24, 2.45) is 0 Å². The van der Waals surface area contributed by atoms with Crippen LogP contribution in [0.25, 0.3) is 23.1 Å². The Balaban J connectivity index is 0.000000440. The van der Waals surface area contributed by atoms with E-state index >= 15 is 0 Å². The van der Waals surface area contributed by atoms with Crippen LogP contribution in [0.2, 0.25) is 0 Å². The molecule has 0 fully saturated rings. The van der Waals surface area contributed by atoms with Gasteiger partial charge in [0.15, 0.2) is 0 Å². The molecule has 1 aromatic heterocycles. The number of fused-ring (bicyclic) bond motifs is 1. The number of H-pyrrole nitrogens is 1. The molecule has 3 aromatic rings. The molecule has 1 heterocycles. The fraction of sp³-hybridized carbons (Fsp3) is 0.333. The highest BCUT2D eigenvalue weighted by atomic mass is 16.5. The molecule has 0 atom stereocenters. The average Bonchev–Trinajstić information content (AvgIpc) is 3.26. The van der Waals surface area contributed by atoms with Crippen LogP contribution in [0.1, 0.15) is 51.2 Å². The molecule has 0 aliphatic carbocycles. The first kappa shape index (κ1) is 26.7. The first-order chi connectivity index (χ1) is 16.2. The smallest absolute Gasteiger partial charge is 0.303 e. The second kappa shape index (κ2) is 13.2. The van der Waals surface area contributed by atoms with Crippen LogP contribution >= 0.6 is 0 Å². The minimum Gasteiger partial charge on any atom is -0.493 e. The number of nitrogens with one attached hydrogen (secondary N) is 2. The Morgan fingerprint density at radius 2 is 1.59 bits per heavy atom. The van der Waals surface area contributed by atoms with Gasteiger partial charge < -0.3 is 25.3 Å². The summed E-state index contributed by atoms with van der Waals surface area (Å²) in [5.41, 5.74) is 3.61. The Bertz CT molecular complexity index is 1080. The van der Waals surface area contributed by atoms with E-state index in [0.717, 1.165) is 29.8 Å². The molecule has 182 valence electrons. The summed E-state index contributed by atoms with van der Waals surface area (Å²) in [5, 5.41) is 20.5. The molecular formula is C27H34N2O5. The predicted octanol–water partition coefficient (Wildman–Crippen LogP) is 5.43. The maximum atomic E-state index is 9.64. The van der Waals surface area contributed by atoms with Gasteiger partial charge in [-0.2, -0.15) is 0 Å². The fourth-order valence-corrected chi connectivity index (χ4v) is 3.12. The van der Waals surface area contributed by atoms with Gasteiger partial charge in [0, 0.05) is 28.2 Å². The minimum atomic E-state index is -1.08. The minimum absolute atomic E-state index is 0.153. The van der Waals surface area contributed by atoms with Gasteiger partial charge in [-0.25, -0.2) is 0 Å². The second-order valence-corrected chi connectivity index (χ2v) is 8.82. The number of benzene rings is 2. The van der Waals surface area contributed by atoms with Gasteiger partial charge in [-0.15, -0.1) is 0 Å². The van der Waals surface area contributed by atoms with Crippen molar-refractivity contribution < 1.29 is 24.5 Å². The van der Waals surface area contributed by atoms with Crippen LogP contribution in [-0.2, 0) is 9.59 Å². The number of hydrogen-bond donors (Lipinski definition) is 4. The van der Waals surface area contributed by atoms with Gasteiger partial charge in [0.25, 0.3) is 0 Å². The van der Waals surface area contributed by atoms with Crippen LogP contribution < -0.4 is 10.1 Å². The summed E-state index contributed by atoms with van der Waals surface area (Å²) in [6, 6.07) is 16.6. The molecule has 0 spiro atoms. The summed E-state index contributed by atoms with van der Waals surface area (Å²) in [5.74, 6) is -1.22. The molecule has 0 unspecified atom stereocenters. The summed E-state index contributed by atoms with van der Waals surface area (Å²) in [6.45, 7) is 8.20. The third kappa shape index (κ3) is 9.92. The Morgan fingerprint density at radius 1 is 0.941 bits per heavy atom. The Morgan fingerprint density at radius 3 is 2.26 bits per heavy atom. The normalized spacial score (nSPS) is 11.3. The summed E-state index contributed by atoms with van der Waals surface area (Å²) in [4.78, 5) is 22.5. The van der Waals surface area contributed by atoms with Crippen molar-refractivity contribution in [2.45, 2.75) is 45.6 Å². The number of aliphatic carboxylic acids is 2. The first-order valence-electron chi connectivity index (χ1n) is 11.3. The van der Waals surface area contributed by atoms with Crippen molar-refractivity contribution in [3.8, 4) is 5.75 Å². The second-order valence-electron chi connectivity index (χ2n) is 8.82. The number of hydrogen-bond acceptors (Lipinski definition) is 4. The number of carboxylic acids is 2. The van der Waals surface area contributed by atoms with Gasteiger partial charge in [-0.05, 0) is 57.5 Å². The number of carboxylic acid groups (broad SMARTS) is 2. The summed E-state index contributed by atoms with van der Waals surface area (Å²) < 4.78 is 6.02. The molecule has 4 N–H and O–H groups in total. The lowest BCUT2D eigenvalue weighted by Gasteiger charge is -2.20. The van der Waals surface area contributed by atoms with E-state index in [4.69, 9.17) is 14.9 Å². The van der Waals surface area contributed by atoms with E-state index < -0.39 is 11.9 Å². The van der Waals surface area contributed by atoms with Crippen molar-refractivity contribution >= 4 is 35.0 Å². The highest BCUT2D eigenvalue weighted by Crippen LogP contribution is 2.23. The van der Waals surface area contributed by atoms with Gasteiger partial charge in [-0.3, -0.25) is 9.59 Å². The molecule has 7 heteroatoms. The summed E-state index contributed by atoms with van der Waals surface area (Å²) in [6.07, 6.45) is 6.65. The van der Waals surface area contributed by atoms with Gasteiger partial charge >= 0.3 is 11.9 Å². The lowest BCUT2D eigenvalue weighted by molar-refractivity contribution is -0.143. The zero-order chi connectivity index (χ0) is 25.0. The van der Waals surface area contributed by atoms with E-state index in [0.29, 0.717) is 6.61 Å². The maximum absolute atomic E-state index is 9.64. The van der Waals surface area contributed by atoms with Gasteiger partial charge in [-0.1, -0.05) is 42.5 Å². The molecule has 34 heavy (non-hydrogen) atoms. The van der Waals surface area contributed by atoms with Gasteiger partial charge in [0.1, 0.15) is 5.75 Å². The zero-order valence-corrected chi connectivity index (χ0v) is 20.0. The molecule has 7 nitrogen and oxygen atoms in total. The van der Waals surface area contributed by atoms with Crippen molar-refractivity contribution in [3.63, 3.8) is 0 Å². The highest BCUT2D eigenvalue weighted by molar-refractivity contribution is 5.91. The largest absolute Gasteiger partial charge is 0.493 e. The van der Waals surface area contributed by atoms with Crippen LogP contribution in [0.5, 0.6) is 5.75 Å². The maximum Gasteiger partial charge on any atom is 0.303 e. The molecule has 0 aliphatic heterocycles. The van der Waals surface area contributed by atoms with E-state index in [9.17, 15) is 9.59 Å². The first-order valence-corrected chi connectivity index (χ1v) is 11.3. The Hall–Kier alpha value is -3.58. The van der Waals surface area contributed by atoms with E-state index in [1.54, 1.807) is 0 Å². The van der Waals surface area contributed by atoms with Gasteiger partial charge in [0.2, 0.25) is 0 Å². The standard InChI is InChI=1S/C23H28N2O.C4H6O4/c1-23(2,3)25-15-7-17-26-22-11-5-4-8-19(22)13-12-18-9-6-10-21-20(18)14-16-24-21;5-3(6)1-2-4(7)8/h4-6,8-14,16,24-25H,7,15,17H2,1-3H3;1-2H2,(H,5,6)(H,7,8)/b13-12+;. The fourth-order valence-electron chi connectivity index (χ4n) is 3.12. The molecular weight excluding hydrogens is 432 g/mol. The average molecular weight is 467 g/mol. The lowest BCUT2D eigenvalue weighted by Crippen LogP contribution is -2.36. The monoisotopic (exact) mass is 466 g/mol. The molecule has 0 amide bonds. The number of carbonyl (C=O) groups is 2. The van der Waals surface area contributed by atoms with E-state index in [2.05, 4.69) is 73.6 Å². The van der Waals surface area contributed by atoms with Crippen LogP contribution in [-0.4, -0.2) is 45.8 Å². The van der Waals surface area contributed by atoms with Crippen molar-refractivity contribution in [1.82, 2.24) is 10.3 Å². The van der Waals surface area contributed by atoms with Crippen LogP contribution in [0.4, 0.5) is 0 Å². The Labute approximate surface area is 200 Å². The van der Waals surface area contributed by atoms with E-state index in [1.165, 1.54) is 10.9 Å². The summed E-state index contributed by atoms with van der Waals surface area (Å²) in [7, 11) is 0. The van der Waals surface area contributed by atoms with Crippen molar-refractivity contribution in [3.05, 3.63) is 65.9 Å². The number of ether oxygens (including phenoxy) is 1. The highest BCUT2D eigenvalue weighted by Gasteiger charge is 2.07. The molecule has 0 saturated heterocycles. The van der Waals surface area contributed by atoms with Crippen LogP contribution in [0.15, 0.2) is 54.7 Å². The molecule has 0 radical (unpaired) electrons. The molecule has 0 bridgehead atoms. The van der Waals surface area contributed by atoms with Crippen molar-refractivity contribution in [2.75, 3.05) is 13.2 Å². The zero-order valence-electron chi connectivity index (χ0n) is 20.0. The quantitative estimate of drug-likeness (QED) is 0.234. The van der Waals surface area contributed by atoms with Crippen LogP contribution in [0, 0.1) is 0 Å². The Kier molecular flexibility index (Phi) is 10.4. The number of rotatable bonds is 10. The third-order valence-electron chi connectivity index (χ3n) is 4.78. The SMILES string of the molecule is CC(C)(C)NCCCOc1ccccc1/C=C/c1cccc2[nH]ccc12.O=C(O)CCC(=O)O. The molecule has 3 rings (SSSR count). The molecule has 2 aromatic carbocycles. The van der Waals surface area contributed by atoms with Crippen LogP contribution in [0.3, 0.4) is 0 Å². The van der Waals surface area contributed by atoms with E-state index in [-0.39, 0.29) is 18.4 Å². The number of para-hydroxylation sites is 1. The number of aromatic nitrogens is 1. The molecule has 0 aliphatic rings. The topological polar surface area (TPSA) is 112 Å². The molecule has 0 saturated carbocycles. The van der Waals surface area contributed by atoms with E-state index in [1.807, 2.05) is 24.4 Å². The van der Waals surface area contributed by atoms with Gasteiger partial charge in [0.05, 0.1) is 19.4 Å². The lowest BCUT2D eigenvalue weighted by atomic mass is 10.1.